The number of nitrogens with one attached hydrogen (secondary N) is 1. The van der Waals surface area contributed by atoms with Crippen molar-refractivity contribution in [3.05, 3.63) is 71.0 Å². The maximum atomic E-state index is 13.2. The van der Waals surface area contributed by atoms with Gasteiger partial charge in [-0.2, -0.15) is 4.99 Å². The standard InChI is InChI=1S/C19H15ClFIN2O2S/c1-18(12-5-3-11(4-6-12)15(20)25)16(26)23-17(27-18)24-19(2,22)13-7-9-14(21)10-8-13/h3-10H,1-2H3,(H,23,24,26)/t18?,19-/m1/s1. The van der Waals surface area contributed by atoms with E-state index < -0.39 is 13.5 Å². The first kappa shape index (κ1) is 20.3. The minimum absolute atomic E-state index is 0.286. The number of alkyl halides is 1. The number of carbonyl (C=O) groups is 2. The maximum absolute atomic E-state index is 13.2. The Hall–Kier alpha value is -1.45. The average Bonchev–Trinajstić information content (AvgIpc) is 2.89. The van der Waals surface area contributed by atoms with E-state index >= 15 is 0 Å². The molecule has 0 saturated carbocycles. The number of hydrogen-bond donors (Lipinski definition) is 1. The molecule has 4 nitrogen and oxygen atoms in total. The molecule has 0 aliphatic carbocycles. The second-order valence-electron chi connectivity index (χ2n) is 6.34. The Morgan fingerprint density at radius 3 is 2.37 bits per heavy atom. The van der Waals surface area contributed by atoms with Gasteiger partial charge in [0.25, 0.3) is 11.1 Å². The molecule has 1 aliphatic rings. The Labute approximate surface area is 179 Å². The highest BCUT2D eigenvalue weighted by molar-refractivity contribution is 14.1. The number of rotatable bonds is 4. The zero-order valence-electron chi connectivity index (χ0n) is 14.4. The lowest BCUT2D eigenvalue weighted by molar-refractivity contribution is -0.119. The Bertz CT molecular complexity index is 932. The highest BCUT2D eigenvalue weighted by Crippen LogP contribution is 2.43. The maximum Gasteiger partial charge on any atom is 0.268 e. The third-order valence-corrected chi connectivity index (χ3v) is 6.62. The average molecular weight is 517 g/mol. The fraction of sp³-hybridized carbons (Fsp3) is 0.211. The zero-order chi connectivity index (χ0) is 19.8. The molecule has 1 aliphatic heterocycles. The minimum atomic E-state index is -0.897. The number of halogens is 3. The second-order valence-corrected chi connectivity index (χ2v) is 10.3. The van der Waals surface area contributed by atoms with Crippen LogP contribution in [0, 0.1) is 5.82 Å². The minimum Gasteiger partial charge on any atom is -0.346 e. The predicted molar refractivity (Wildman–Crippen MR) is 115 cm³/mol. The lowest BCUT2D eigenvalue weighted by Crippen LogP contribution is -2.37. The summed E-state index contributed by atoms with van der Waals surface area (Å²) in [5.41, 5.74) is 1.96. The Kier molecular flexibility index (Phi) is 5.65. The van der Waals surface area contributed by atoms with Crippen LogP contribution in [0.3, 0.4) is 0 Å². The van der Waals surface area contributed by atoms with Crippen LogP contribution in [0.15, 0.2) is 53.5 Å². The van der Waals surface area contributed by atoms with E-state index in [9.17, 15) is 14.0 Å². The van der Waals surface area contributed by atoms with E-state index in [0.29, 0.717) is 10.7 Å². The first-order valence-corrected chi connectivity index (χ1v) is 10.2. The molecule has 2 aromatic rings. The molecule has 2 aromatic carbocycles. The third kappa shape index (κ3) is 4.20. The molecular formula is C19H15ClFIN2O2S. The van der Waals surface area contributed by atoms with Gasteiger partial charge in [-0.25, -0.2) is 4.39 Å². The Morgan fingerprint density at radius 2 is 1.81 bits per heavy atom. The smallest absolute Gasteiger partial charge is 0.268 e. The number of hydrogen-bond acceptors (Lipinski definition) is 4. The monoisotopic (exact) mass is 516 g/mol. The van der Waals surface area contributed by atoms with E-state index in [-0.39, 0.29) is 11.7 Å². The van der Waals surface area contributed by atoms with Gasteiger partial charge in [-0.05, 0) is 83.4 Å². The number of thioether (sulfide) groups is 1. The third-order valence-electron chi connectivity index (χ3n) is 4.30. The van der Waals surface area contributed by atoms with Crippen molar-refractivity contribution in [2.45, 2.75) is 22.1 Å². The topological polar surface area (TPSA) is 58.5 Å². The molecule has 1 unspecified atom stereocenters. The fourth-order valence-electron chi connectivity index (χ4n) is 2.65. The Balaban J connectivity index is 1.80. The second kappa shape index (κ2) is 7.52. The molecule has 1 N–H and O–H groups in total. The zero-order valence-corrected chi connectivity index (χ0v) is 18.2. The van der Waals surface area contributed by atoms with Crippen LogP contribution < -0.4 is 5.32 Å². The number of carbonyl (C=O) groups excluding carboxylic acids is 2. The summed E-state index contributed by atoms with van der Waals surface area (Å²) in [6, 6.07) is 12.8. The highest BCUT2D eigenvalue weighted by atomic mass is 127. The fourth-order valence-corrected chi connectivity index (χ4v) is 4.73. The number of amidine groups is 1. The van der Waals surface area contributed by atoms with Gasteiger partial charge in [-0.15, -0.1) is 0 Å². The van der Waals surface area contributed by atoms with Crippen molar-refractivity contribution in [2.75, 3.05) is 0 Å². The van der Waals surface area contributed by atoms with Crippen molar-refractivity contribution in [1.29, 1.82) is 0 Å². The largest absolute Gasteiger partial charge is 0.346 e. The van der Waals surface area contributed by atoms with Gasteiger partial charge in [0.15, 0.2) is 5.17 Å². The molecular weight excluding hydrogens is 502 g/mol. The molecule has 0 fully saturated rings. The van der Waals surface area contributed by atoms with Gasteiger partial charge in [-0.3, -0.25) is 9.59 Å². The summed E-state index contributed by atoms with van der Waals surface area (Å²) in [5.74, 6) is -0.591. The van der Waals surface area contributed by atoms with Gasteiger partial charge in [0.05, 0.1) is 0 Å². The van der Waals surface area contributed by atoms with Crippen LogP contribution in [0.1, 0.15) is 35.3 Å². The van der Waals surface area contributed by atoms with E-state index in [2.05, 4.69) is 32.9 Å². The molecule has 8 heteroatoms. The van der Waals surface area contributed by atoms with Crippen LogP contribution in [-0.2, 0) is 13.1 Å². The van der Waals surface area contributed by atoms with E-state index in [4.69, 9.17) is 11.6 Å². The van der Waals surface area contributed by atoms with Crippen molar-refractivity contribution in [2.24, 2.45) is 4.99 Å². The lowest BCUT2D eigenvalue weighted by Gasteiger charge is -2.27. The molecule has 2 atom stereocenters. The first-order chi connectivity index (χ1) is 12.6. The summed E-state index contributed by atoms with van der Waals surface area (Å²) >= 11 is 8.98. The van der Waals surface area contributed by atoms with Crippen LogP contribution in [0.5, 0.6) is 0 Å². The summed E-state index contributed by atoms with van der Waals surface area (Å²) in [6.45, 7) is 3.71. The molecule has 0 spiro atoms. The normalized spacial score (nSPS) is 21.5. The van der Waals surface area contributed by atoms with Crippen LogP contribution in [-0.4, -0.2) is 16.3 Å². The van der Waals surface area contributed by atoms with Gasteiger partial charge in [0, 0.05) is 5.56 Å². The van der Waals surface area contributed by atoms with Gasteiger partial charge < -0.3 is 5.32 Å². The summed E-state index contributed by atoms with van der Waals surface area (Å²) in [5, 5.41) is 3.20. The van der Waals surface area contributed by atoms with Crippen LogP contribution in [0.4, 0.5) is 4.39 Å². The molecule has 0 aromatic heterocycles. The van der Waals surface area contributed by atoms with Gasteiger partial charge >= 0.3 is 0 Å². The van der Waals surface area contributed by atoms with Crippen molar-refractivity contribution in [1.82, 2.24) is 5.32 Å². The summed E-state index contributed by atoms with van der Waals surface area (Å²) in [6.07, 6.45) is 0. The first-order valence-electron chi connectivity index (χ1n) is 7.97. The van der Waals surface area contributed by atoms with Crippen molar-refractivity contribution >= 4 is 62.3 Å². The van der Waals surface area contributed by atoms with Crippen LogP contribution in [0.2, 0.25) is 0 Å². The van der Waals surface area contributed by atoms with Crippen LogP contribution in [0.25, 0.3) is 0 Å². The van der Waals surface area contributed by atoms with Crippen molar-refractivity contribution in [3.8, 4) is 0 Å². The van der Waals surface area contributed by atoms with Crippen molar-refractivity contribution in [3.63, 3.8) is 0 Å². The van der Waals surface area contributed by atoms with E-state index in [1.165, 1.54) is 23.9 Å². The summed E-state index contributed by atoms with van der Waals surface area (Å²) in [7, 11) is 0. The van der Waals surface area contributed by atoms with Crippen molar-refractivity contribution < 1.29 is 14.0 Å². The van der Waals surface area contributed by atoms with E-state index in [1.807, 2.05) is 6.92 Å². The number of nitrogens with zero attached hydrogens (tertiary/aromatic N) is 1. The van der Waals surface area contributed by atoms with Gasteiger partial charge in [0.1, 0.15) is 14.1 Å². The molecule has 140 valence electrons. The molecule has 0 radical (unpaired) electrons. The predicted octanol–water partition coefficient (Wildman–Crippen LogP) is 4.95. The molecule has 27 heavy (non-hydrogen) atoms. The van der Waals surface area contributed by atoms with E-state index in [0.717, 1.165) is 11.1 Å². The van der Waals surface area contributed by atoms with Gasteiger partial charge in [-0.1, -0.05) is 36.0 Å². The summed E-state index contributed by atoms with van der Waals surface area (Å²) in [4.78, 5) is 28.0. The lowest BCUT2D eigenvalue weighted by atomic mass is 9.98. The summed E-state index contributed by atoms with van der Waals surface area (Å²) < 4.78 is 11.7. The molecule has 3 rings (SSSR count). The molecule has 0 bridgehead atoms. The number of benzene rings is 2. The quantitative estimate of drug-likeness (QED) is 0.270. The van der Waals surface area contributed by atoms with E-state index in [1.54, 1.807) is 43.3 Å². The number of amides is 1. The molecule has 0 saturated heterocycles. The molecule has 1 amide bonds. The highest BCUT2D eigenvalue weighted by Gasteiger charge is 2.44. The SMILES string of the molecule is CC1(c2ccc(C(=O)Cl)cc2)SC(N[C@@](C)(I)c2ccc(F)cc2)=NC1=O. The van der Waals surface area contributed by atoms with Crippen LogP contribution >= 0.6 is 46.0 Å². The number of aliphatic imine (C=N–C) groups is 1. The van der Waals surface area contributed by atoms with Gasteiger partial charge in [0.2, 0.25) is 0 Å². The molecule has 1 heterocycles. The Morgan fingerprint density at radius 1 is 1.22 bits per heavy atom.